The molecule has 4 rings (SSSR count). The predicted molar refractivity (Wildman–Crippen MR) is 114 cm³/mol. The molecule has 1 N–H and O–H groups in total. The van der Waals surface area contributed by atoms with Gasteiger partial charge in [0.05, 0.1) is 10.6 Å². The van der Waals surface area contributed by atoms with E-state index in [1.54, 1.807) is 30.3 Å². The summed E-state index contributed by atoms with van der Waals surface area (Å²) in [5, 5.41) is 2.80. The molecule has 0 heterocycles. The molecular weight excluding hydrogens is 402 g/mol. The molecule has 3 aromatic carbocycles. The van der Waals surface area contributed by atoms with Crippen LogP contribution >= 0.6 is 0 Å². The molecule has 0 atom stereocenters. The lowest BCUT2D eigenvalue weighted by Gasteiger charge is -2.14. The second kappa shape index (κ2) is 8.20. The molecule has 6 nitrogen and oxygen atoms in total. The van der Waals surface area contributed by atoms with Crippen molar-refractivity contribution >= 4 is 21.4 Å². The van der Waals surface area contributed by atoms with Crippen LogP contribution in [0.1, 0.15) is 12.8 Å². The monoisotopic (exact) mass is 423 g/mol. The van der Waals surface area contributed by atoms with E-state index in [0.717, 1.165) is 24.8 Å². The number of hydrogen-bond donors (Lipinski definition) is 1. The van der Waals surface area contributed by atoms with Crippen LogP contribution in [0.4, 0.5) is 5.69 Å². The molecule has 7 heteroatoms. The van der Waals surface area contributed by atoms with Gasteiger partial charge in [-0.15, -0.1) is 0 Å². The van der Waals surface area contributed by atoms with Crippen molar-refractivity contribution in [3.8, 4) is 23.0 Å². The average molecular weight is 423 g/mol. The maximum absolute atomic E-state index is 12.2. The van der Waals surface area contributed by atoms with E-state index in [-0.39, 0.29) is 16.7 Å². The summed E-state index contributed by atoms with van der Waals surface area (Å²) in [6, 6.07) is 20.9. The Morgan fingerprint density at radius 1 is 0.867 bits per heavy atom. The van der Waals surface area contributed by atoms with Crippen molar-refractivity contribution in [3.05, 3.63) is 72.8 Å². The third kappa shape index (κ3) is 4.99. The van der Waals surface area contributed by atoms with Crippen LogP contribution in [0.2, 0.25) is 0 Å². The van der Waals surface area contributed by atoms with Crippen LogP contribution in [0.15, 0.2) is 77.7 Å². The molecule has 1 aliphatic carbocycles. The highest BCUT2D eigenvalue weighted by molar-refractivity contribution is 7.90. The van der Waals surface area contributed by atoms with E-state index < -0.39 is 9.84 Å². The standard InChI is InChI=1S/C23H21NO5S/c1-30(26,27)20-13-14-22(21(15-20)24-23(25)16-7-8-16)29-19-11-9-18(10-12-19)28-17-5-3-2-4-6-17/h2-6,9-16H,7-8H2,1H3,(H,24,25). The number of para-hydroxylation sites is 1. The van der Waals surface area contributed by atoms with E-state index in [1.165, 1.54) is 12.1 Å². The van der Waals surface area contributed by atoms with E-state index >= 15 is 0 Å². The van der Waals surface area contributed by atoms with Crippen LogP contribution in [0.25, 0.3) is 0 Å². The smallest absolute Gasteiger partial charge is 0.227 e. The fourth-order valence-electron chi connectivity index (χ4n) is 2.83. The van der Waals surface area contributed by atoms with Gasteiger partial charge in [-0.25, -0.2) is 8.42 Å². The number of benzene rings is 3. The van der Waals surface area contributed by atoms with Gasteiger partial charge >= 0.3 is 0 Å². The first-order chi connectivity index (χ1) is 14.4. The Morgan fingerprint density at radius 2 is 1.47 bits per heavy atom. The molecule has 0 saturated heterocycles. The number of nitrogens with one attached hydrogen (secondary N) is 1. The van der Waals surface area contributed by atoms with Crippen LogP contribution < -0.4 is 14.8 Å². The van der Waals surface area contributed by atoms with E-state index in [0.29, 0.717) is 22.9 Å². The van der Waals surface area contributed by atoms with Crippen molar-refractivity contribution in [2.75, 3.05) is 11.6 Å². The lowest BCUT2D eigenvalue weighted by atomic mass is 10.2. The normalized spacial score (nSPS) is 13.5. The Hall–Kier alpha value is -3.32. The molecule has 1 amide bonds. The Kier molecular flexibility index (Phi) is 5.46. The second-order valence-corrected chi connectivity index (χ2v) is 9.20. The first kappa shape index (κ1) is 20.0. The summed E-state index contributed by atoms with van der Waals surface area (Å²) in [7, 11) is -3.41. The summed E-state index contributed by atoms with van der Waals surface area (Å²) in [4.78, 5) is 12.3. The number of hydrogen-bond acceptors (Lipinski definition) is 5. The van der Waals surface area contributed by atoms with Crippen LogP contribution in [0.5, 0.6) is 23.0 Å². The molecule has 0 spiro atoms. The molecule has 1 fully saturated rings. The minimum atomic E-state index is -3.41. The largest absolute Gasteiger partial charge is 0.457 e. The lowest BCUT2D eigenvalue weighted by Crippen LogP contribution is -2.14. The van der Waals surface area contributed by atoms with E-state index in [4.69, 9.17) is 9.47 Å². The third-order valence-corrected chi connectivity index (χ3v) is 5.73. The van der Waals surface area contributed by atoms with Crippen molar-refractivity contribution in [1.82, 2.24) is 0 Å². The predicted octanol–water partition coefficient (Wildman–Crippen LogP) is 5.02. The van der Waals surface area contributed by atoms with Gasteiger partial charge in [-0.2, -0.15) is 0 Å². The molecule has 0 aromatic heterocycles. The number of carbonyl (C=O) groups is 1. The summed E-state index contributed by atoms with van der Waals surface area (Å²) in [5.41, 5.74) is 0.333. The summed E-state index contributed by atoms with van der Waals surface area (Å²) in [6.45, 7) is 0. The highest BCUT2D eigenvalue weighted by atomic mass is 32.2. The highest BCUT2D eigenvalue weighted by Gasteiger charge is 2.30. The molecule has 1 aliphatic rings. The van der Waals surface area contributed by atoms with E-state index in [2.05, 4.69) is 5.32 Å². The lowest BCUT2D eigenvalue weighted by molar-refractivity contribution is -0.117. The number of sulfone groups is 1. The average Bonchev–Trinajstić information content (AvgIpc) is 3.56. The van der Waals surface area contributed by atoms with Gasteiger partial charge in [-0.05, 0) is 67.4 Å². The van der Waals surface area contributed by atoms with E-state index in [1.807, 2.05) is 30.3 Å². The molecular formula is C23H21NO5S. The van der Waals surface area contributed by atoms with Gasteiger partial charge in [0.25, 0.3) is 0 Å². The minimum absolute atomic E-state index is 0.0193. The summed E-state index contributed by atoms with van der Waals surface area (Å²) in [6.07, 6.45) is 2.81. The zero-order valence-electron chi connectivity index (χ0n) is 16.4. The Bertz CT molecular complexity index is 1150. The van der Waals surface area contributed by atoms with Gasteiger partial charge in [0.1, 0.15) is 17.2 Å². The zero-order chi connectivity index (χ0) is 21.1. The number of ether oxygens (including phenoxy) is 2. The molecule has 1 saturated carbocycles. The summed E-state index contributed by atoms with van der Waals surface area (Å²) < 4.78 is 35.5. The van der Waals surface area contributed by atoms with Gasteiger partial charge in [0, 0.05) is 12.2 Å². The second-order valence-electron chi connectivity index (χ2n) is 7.18. The summed E-state index contributed by atoms with van der Waals surface area (Å²) in [5.74, 6) is 2.14. The van der Waals surface area contributed by atoms with Gasteiger partial charge in [0.2, 0.25) is 5.91 Å². The minimum Gasteiger partial charge on any atom is -0.457 e. The van der Waals surface area contributed by atoms with Crippen molar-refractivity contribution in [1.29, 1.82) is 0 Å². The highest BCUT2D eigenvalue weighted by Crippen LogP contribution is 2.36. The van der Waals surface area contributed by atoms with Crippen LogP contribution in [-0.4, -0.2) is 20.6 Å². The molecule has 0 radical (unpaired) electrons. The molecule has 0 unspecified atom stereocenters. The zero-order valence-corrected chi connectivity index (χ0v) is 17.2. The van der Waals surface area contributed by atoms with Gasteiger partial charge in [0.15, 0.2) is 15.6 Å². The first-order valence-corrected chi connectivity index (χ1v) is 11.4. The van der Waals surface area contributed by atoms with Crippen LogP contribution in [0, 0.1) is 5.92 Å². The van der Waals surface area contributed by atoms with Gasteiger partial charge < -0.3 is 14.8 Å². The van der Waals surface area contributed by atoms with Crippen LogP contribution in [-0.2, 0) is 14.6 Å². The summed E-state index contributed by atoms with van der Waals surface area (Å²) >= 11 is 0. The quantitative estimate of drug-likeness (QED) is 0.577. The third-order valence-electron chi connectivity index (χ3n) is 4.62. The van der Waals surface area contributed by atoms with E-state index in [9.17, 15) is 13.2 Å². The molecule has 30 heavy (non-hydrogen) atoms. The maximum Gasteiger partial charge on any atom is 0.227 e. The van der Waals surface area contributed by atoms with Crippen molar-refractivity contribution in [3.63, 3.8) is 0 Å². The number of amides is 1. The van der Waals surface area contributed by atoms with Crippen LogP contribution in [0.3, 0.4) is 0 Å². The SMILES string of the molecule is CS(=O)(=O)c1ccc(Oc2ccc(Oc3ccccc3)cc2)c(NC(=O)C2CC2)c1. The topological polar surface area (TPSA) is 81.7 Å². The number of anilines is 1. The molecule has 0 bridgehead atoms. The number of carbonyl (C=O) groups excluding carboxylic acids is 1. The van der Waals surface area contributed by atoms with Crippen molar-refractivity contribution < 1.29 is 22.7 Å². The molecule has 154 valence electrons. The Labute approximate surface area is 175 Å². The maximum atomic E-state index is 12.2. The van der Waals surface area contributed by atoms with Crippen molar-refractivity contribution in [2.45, 2.75) is 17.7 Å². The van der Waals surface area contributed by atoms with Gasteiger partial charge in [-0.1, -0.05) is 18.2 Å². The fourth-order valence-corrected chi connectivity index (χ4v) is 3.48. The Morgan fingerprint density at radius 3 is 2.07 bits per heavy atom. The molecule has 3 aromatic rings. The Balaban J connectivity index is 1.54. The first-order valence-electron chi connectivity index (χ1n) is 9.54. The van der Waals surface area contributed by atoms with Crippen molar-refractivity contribution in [2.24, 2.45) is 5.92 Å². The molecule has 0 aliphatic heterocycles. The van der Waals surface area contributed by atoms with Gasteiger partial charge in [-0.3, -0.25) is 4.79 Å². The fraction of sp³-hybridized carbons (Fsp3) is 0.174. The number of rotatable bonds is 7.